The first kappa shape index (κ1) is 28.1. The van der Waals surface area contributed by atoms with Crippen LogP contribution < -0.4 is 0 Å². The topological polar surface area (TPSA) is 81.5 Å². The quantitative estimate of drug-likeness (QED) is 0.438. The van der Waals surface area contributed by atoms with Crippen LogP contribution in [0.5, 0.6) is 0 Å². The molecule has 36 heavy (non-hydrogen) atoms. The first-order valence-electron chi connectivity index (χ1n) is 11.9. The average molecular weight is 536 g/mol. The lowest BCUT2D eigenvalue weighted by molar-refractivity contribution is -0.143. The van der Waals surface area contributed by atoms with E-state index in [2.05, 4.69) is 4.98 Å². The number of thioether (sulfide) groups is 1. The highest BCUT2D eigenvalue weighted by Crippen LogP contribution is 2.40. The molecule has 0 bridgehead atoms. The summed E-state index contributed by atoms with van der Waals surface area (Å²) in [5.41, 5.74) is 2.04. The molecule has 1 saturated heterocycles. The van der Waals surface area contributed by atoms with Gasteiger partial charge in [0.05, 0.1) is 30.9 Å². The number of aromatic nitrogens is 2. The highest BCUT2D eigenvalue weighted by atomic mass is 35.5. The highest BCUT2D eigenvalue weighted by molar-refractivity contribution is 8.14. The van der Waals surface area contributed by atoms with E-state index in [9.17, 15) is 18.8 Å². The van der Waals surface area contributed by atoms with Crippen molar-refractivity contribution in [3.8, 4) is 0 Å². The minimum absolute atomic E-state index is 0. The molecule has 1 aromatic heterocycles. The van der Waals surface area contributed by atoms with E-state index in [0.717, 1.165) is 18.4 Å². The van der Waals surface area contributed by atoms with Crippen molar-refractivity contribution in [2.75, 3.05) is 19.7 Å². The molecule has 2 unspecified atom stereocenters. The van der Waals surface area contributed by atoms with Crippen LogP contribution in [0.15, 0.2) is 42.4 Å². The first-order valence-corrected chi connectivity index (χ1v) is 12.8. The number of imidazole rings is 1. The SMILES string of the molecule is CCOC(=O)Cn1cncc1C=C1CN(C(C(=O)C2CC2)c2ccccc2F)CCC1SC(C)=O.Cl. The Labute approximate surface area is 220 Å². The molecule has 0 N–H and O–H groups in total. The molecule has 2 atom stereocenters. The summed E-state index contributed by atoms with van der Waals surface area (Å²) in [6, 6.07) is 5.80. The molecule has 0 radical (unpaired) electrons. The first-order chi connectivity index (χ1) is 16.9. The Balaban J connectivity index is 0.00000361. The fraction of sp³-hybridized carbons (Fsp3) is 0.462. The van der Waals surface area contributed by atoms with Crippen molar-refractivity contribution in [2.24, 2.45) is 5.92 Å². The van der Waals surface area contributed by atoms with E-state index in [1.165, 1.54) is 17.8 Å². The summed E-state index contributed by atoms with van der Waals surface area (Å²) in [6.45, 7) is 4.60. The molecule has 7 nitrogen and oxygen atoms in total. The van der Waals surface area contributed by atoms with Gasteiger partial charge in [-0.3, -0.25) is 19.3 Å². The molecule has 2 aliphatic rings. The van der Waals surface area contributed by atoms with Gasteiger partial charge < -0.3 is 9.30 Å². The number of halogens is 2. The predicted molar refractivity (Wildman–Crippen MR) is 139 cm³/mol. The summed E-state index contributed by atoms with van der Waals surface area (Å²) in [5.74, 6) is -0.716. The Kier molecular flexibility index (Phi) is 9.87. The minimum Gasteiger partial charge on any atom is -0.465 e. The van der Waals surface area contributed by atoms with Crippen LogP contribution in [0.2, 0.25) is 0 Å². The molecular formula is C26H31ClFN3O4S. The number of carbonyl (C=O) groups excluding carboxylic acids is 3. The molecule has 2 fully saturated rings. The van der Waals surface area contributed by atoms with Gasteiger partial charge in [-0.05, 0) is 43.9 Å². The third kappa shape index (κ3) is 6.83. The van der Waals surface area contributed by atoms with Crippen LogP contribution in [-0.2, 0) is 25.7 Å². The maximum Gasteiger partial charge on any atom is 0.325 e. The number of nitrogens with zero attached hydrogens (tertiary/aromatic N) is 3. The van der Waals surface area contributed by atoms with Gasteiger partial charge >= 0.3 is 5.97 Å². The predicted octanol–water partition coefficient (Wildman–Crippen LogP) is 4.46. The van der Waals surface area contributed by atoms with Gasteiger partial charge in [-0.25, -0.2) is 9.37 Å². The van der Waals surface area contributed by atoms with Gasteiger partial charge in [-0.15, -0.1) is 12.4 Å². The van der Waals surface area contributed by atoms with E-state index in [1.807, 2.05) is 11.0 Å². The van der Waals surface area contributed by atoms with Crippen LogP contribution in [-0.4, -0.2) is 56.3 Å². The van der Waals surface area contributed by atoms with Crippen LogP contribution in [0, 0.1) is 11.7 Å². The second-order valence-corrected chi connectivity index (χ2v) is 10.3. The van der Waals surface area contributed by atoms with Crippen LogP contribution >= 0.6 is 24.2 Å². The number of likely N-dealkylation sites (tertiary alicyclic amines) is 1. The zero-order valence-electron chi connectivity index (χ0n) is 20.4. The number of piperidine rings is 1. The van der Waals surface area contributed by atoms with Crippen molar-refractivity contribution < 1.29 is 23.5 Å². The number of rotatable bonds is 9. The van der Waals surface area contributed by atoms with Crippen molar-refractivity contribution in [2.45, 2.75) is 50.9 Å². The Morgan fingerprint density at radius 3 is 2.67 bits per heavy atom. The van der Waals surface area contributed by atoms with E-state index in [4.69, 9.17) is 4.74 Å². The van der Waals surface area contributed by atoms with Crippen molar-refractivity contribution >= 4 is 47.1 Å². The van der Waals surface area contributed by atoms with E-state index in [1.54, 1.807) is 49.1 Å². The molecule has 194 valence electrons. The van der Waals surface area contributed by atoms with Crippen molar-refractivity contribution in [1.29, 1.82) is 0 Å². The van der Waals surface area contributed by atoms with E-state index in [0.29, 0.717) is 37.4 Å². The van der Waals surface area contributed by atoms with E-state index >= 15 is 0 Å². The molecular weight excluding hydrogens is 505 g/mol. The zero-order valence-corrected chi connectivity index (χ0v) is 22.0. The average Bonchev–Trinajstić information content (AvgIpc) is 3.58. The number of ether oxygens (including phenoxy) is 1. The molecule has 0 spiro atoms. The normalized spacial score (nSPS) is 20.0. The lowest BCUT2D eigenvalue weighted by Gasteiger charge is -2.38. The maximum atomic E-state index is 14.8. The molecule has 0 amide bonds. The largest absolute Gasteiger partial charge is 0.465 e. The number of hydrogen-bond donors (Lipinski definition) is 0. The number of Topliss-reactive ketones (excluding diaryl/α,β-unsaturated/α-hetero) is 1. The van der Waals surface area contributed by atoms with Crippen molar-refractivity contribution in [3.63, 3.8) is 0 Å². The van der Waals surface area contributed by atoms with Crippen molar-refractivity contribution in [1.82, 2.24) is 14.5 Å². The number of hydrogen-bond acceptors (Lipinski definition) is 7. The van der Waals surface area contributed by atoms with Crippen molar-refractivity contribution in [3.05, 3.63) is 59.4 Å². The number of benzene rings is 1. The highest BCUT2D eigenvalue weighted by Gasteiger charge is 2.41. The van der Waals surface area contributed by atoms with Gasteiger partial charge in [0.15, 0.2) is 10.9 Å². The fourth-order valence-electron chi connectivity index (χ4n) is 4.51. The summed E-state index contributed by atoms with van der Waals surface area (Å²) >= 11 is 1.26. The lowest BCUT2D eigenvalue weighted by atomic mass is 9.93. The molecule has 1 aliphatic heterocycles. The number of ketones is 1. The van der Waals surface area contributed by atoms with Crippen LogP contribution in [0.3, 0.4) is 0 Å². The minimum atomic E-state index is -0.667. The second-order valence-electron chi connectivity index (χ2n) is 8.93. The molecule has 2 heterocycles. The Bertz CT molecular complexity index is 1130. The standard InChI is InChI=1S/C26H30FN3O4S.ClH/c1-3-34-24(32)15-30-16-28-13-20(30)12-19-14-29(11-10-23(19)35-17(2)31)25(26(33)18-8-9-18)21-6-4-5-7-22(21)27;/h4-7,12-13,16,18,23,25H,3,8-11,14-15H2,1-2H3;1H. The van der Waals surface area contributed by atoms with Gasteiger partial charge in [-0.2, -0.15) is 0 Å². The second kappa shape index (κ2) is 12.7. The smallest absolute Gasteiger partial charge is 0.325 e. The van der Waals surface area contributed by atoms with Gasteiger partial charge in [0, 0.05) is 36.7 Å². The zero-order chi connectivity index (χ0) is 24.9. The third-order valence-electron chi connectivity index (χ3n) is 6.28. The number of carbonyl (C=O) groups is 3. The van der Waals surface area contributed by atoms with Gasteiger partial charge in [0.2, 0.25) is 0 Å². The summed E-state index contributed by atoms with van der Waals surface area (Å²) < 4.78 is 21.6. The number of esters is 1. The summed E-state index contributed by atoms with van der Waals surface area (Å²) in [4.78, 5) is 43.5. The molecule has 1 aliphatic carbocycles. The maximum absolute atomic E-state index is 14.8. The molecule has 1 saturated carbocycles. The summed E-state index contributed by atoms with van der Waals surface area (Å²) in [7, 11) is 0. The Morgan fingerprint density at radius 2 is 2.00 bits per heavy atom. The van der Waals surface area contributed by atoms with Crippen LogP contribution in [0.25, 0.3) is 6.08 Å². The van der Waals surface area contributed by atoms with Gasteiger partial charge in [0.1, 0.15) is 12.4 Å². The molecule has 10 heteroatoms. The van der Waals surface area contributed by atoms with Gasteiger partial charge in [-0.1, -0.05) is 30.0 Å². The molecule has 1 aromatic carbocycles. The summed E-state index contributed by atoms with van der Waals surface area (Å²) in [5, 5.41) is -0.0684. The monoisotopic (exact) mass is 535 g/mol. The molecule has 4 rings (SSSR count). The Morgan fingerprint density at radius 1 is 1.25 bits per heavy atom. The fourth-order valence-corrected chi connectivity index (χ4v) is 5.43. The Hall–Kier alpha value is -2.49. The lowest BCUT2D eigenvalue weighted by Crippen LogP contribution is -2.43. The van der Waals surface area contributed by atoms with Crippen LogP contribution in [0.1, 0.15) is 50.4 Å². The summed E-state index contributed by atoms with van der Waals surface area (Å²) in [6.07, 6.45) is 7.48. The third-order valence-corrected chi connectivity index (χ3v) is 7.44. The van der Waals surface area contributed by atoms with Crippen LogP contribution in [0.4, 0.5) is 4.39 Å². The van der Waals surface area contributed by atoms with E-state index < -0.39 is 6.04 Å². The van der Waals surface area contributed by atoms with E-state index in [-0.39, 0.29) is 52.8 Å². The van der Waals surface area contributed by atoms with Gasteiger partial charge in [0.25, 0.3) is 0 Å². The molecule has 2 aromatic rings.